The van der Waals surface area contributed by atoms with Gasteiger partial charge in [0.15, 0.2) is 5.78 Å². The van der Waals surface area contributed by atoms with E-state index in [-0.39, 0.29) is 28.4 Å². The molecule has 1 aliphatic heterocycles. The van der Waals surface area contributed by atoms with Gasteiger partial charge in [0.25, 0.3) is 0 Å². The van der Waals surface area contributed by atoms with Crippen LogP contribution >= 0.6 is 0 Å². The highest BCUT2D eigenvalue weighted by molar-refractivity contribution is 6.09. The van der Waals surface area contributed by atoms with Crippen molar-refractivity contribution >= 4 is 11.9 Å². The van der Waals surface area contributed by atoms with Gasteiger partial charge in [-0.3, -0.25) is 4.79 Å². The molecule has 0 saturated carbocycles. The molecule has 24 heavy (non-hydrogen) atoms. The fourth-order valence-electron chi connectivity index (χ4n) is 2.78. The molecule has 0 radical (unpaired) electrons. The first-order chi connectivity index (χ1) is 11.4. The minimum absolute atomic E-state index is 0.00311. The number of phenolic OH excluding ortho intramolecular Hbond substituents is 2. The van der Waals surface area contributed by atoms with Crippen LogP contribution in [-0.4, -0.2) is 21.6 Å². The van der Waals surface area contributed by atoms with Crippen LogP contribution in [0.3, 0.4) is 0 Å². The molecule has 0 aliphatic carbocycles. The molecule has 1 heterocycles. The van der Waals surface area contributed by atoms with Gasteiger partial charge < -0.3 is 14.9 Å². The van der Waals surface area contributed by atoms with E-state index in [9.17, 15) is 15.0 Å². The topological polar surface area (TPSA) is 66.8 Å². The van der Waals surface area contributed by atoms with Crippen molar-refractivity contribution in [3.05, 3.63) is 59.2 Å². The summed E-state index contributed by atoms with van der Waals surface area (Å²) in [6.45, 7) is 4.01. The average Bonchev–Trinajstić information content (AvgIpc) is 2.53. The first-order valence-corrected chi connectivity index (χ1v) is 7.91. The number of carbonyl (C=O) groups excluding carboxylic acids is 1. The van der Waals surface area contributed by atoms with Crippen molar-refractivity contribution in [1.82, 2.24) is 0 Å². The zero-order valence-corrected chi connectivity index (χ0v) is 13.7. The molecule has 2 aromatic rings. The maximum atomic E-state index is 12.4. The van der Waals surface area contributed by atoms with Gasteiger partial charge in [-0.25, -0.2) is 0 Å². The second-order valence-corrected chi connectivity index (χ2v) is 6.59. The third-order valence-corrected chi connectivity index (χ3v) is 4.19. The van der Waals surface area contributed by atoms with Crippen molar-refractivity contribution in [3.8, 4) is 17.2 Å². The van der Waals surface area contributed by atoms with E-state index in [0.717, 1.165) is 12.0 Å². The van der Waals surface area contributed by atoms with Gasteiger partial charge in [-0.2, -0.15) is 0 Å². The van der Waals surface area contributed by atoms with Gasteiger partial charge >= 0.3 is 0 Å². The lowest BCUT2D eigenvalue weighted by molar-refractivity contribution is 0.0836. The van der Waals surface area contributed by atoms with Crippen molar-refractivity contribution in [2.45, 2.75) is 32.3 Å². The van der Waals surface area contributed by atoms with Crippen LogP contribution in [-0.2, 0) is 6.42 Å². The van der Waals surface area contributed by atoms with Crippen LogP contribution in [0.15, 0.2) is 42.5 Å². The fourth-order valence-corrected chi connectivity index (χ4v) is 2.78. The minimum atomic E-state index is -0.270. The van der Waals surface area contributed by atoms with Crippen LogP contribution in [0.4, 0.5) is 0 Å². The molecule has 0 unspecified atom stereocenters. The normalized spacial score (nSPS) is 15.8. The lowest BCUT2D eigenvalue weighted by atomic mass is 9.91. The fraction of sp³-hybridized carbons (Fsp3) is 0.250. The van der Waals surface area contributed by atoms with E-state index in [1.807, 2.05) is 13.8 Å². The summed E-state index contributed by atoms with van der Waals surface area (Å²) >= 11 is 0. The Morgan fingerprint density at radius 1 is 1.12 bits per heavy atom. The van der Waals surface area contributed by atoms with E-state index in [1.165, 1.54) is 6.08 Å². The quantitative estimate of drug-likeness (QED) is 0.659. The Balaban J connectivity index is 1.85. The van der Waals surface area contributed by atoms with Crippen molar-refractivity contribution in [2.24, 2.45) is 0 Å². The van der Waals surface area contributed by atoms with Crippen molar-refractivity contribution < 1.29 is 19.7 Å². The number of allylic oxidation sites excluding steroid dienone is 1. The summed E-state index contributed by atoms with van der Waals surface area (Å²) in [6.07, 6.45) is 4.53. The molecular formula is C20H20O4. The lowest BCUT2D eigenvalue weighted by Gasteiger charge is -2.33. The molecule has 0 atom stereocenters. The predicted octanol–water partition coefficient (Wildman–Crippen LogP) is 4.10. The Morgan fingerprint density at radius 3 is 2.54 bits per heavy atom. The third-order valence-electron chi connectivity index (χ3n) is 4.19. The van der Waals surface area contributed by atoms with Gasteiger partial charge in [0.2, 0.25) is 0 Å². The Hall–Kier alpha value is -2.75. The predicted molar refractivity (Wildman–Crippen MR) is 92.6 cm³/mol. The SMILES string of the molecule is CC1(C)CCc2c(ccc(C(=O)C=Cc3ccc(O)cc3)c2O)O1. The number of fused-ring (bicyclic) bond motifs is 1. The standard InChI is InChI=1S/C20H20O4/c1-20(2)12-11-16-18(24-20)10-8-15(19(16)23)17(22)9-5-13-3-6-14(21)7-4-13/h3-10,21,23H,11-12H2,1-2H3. The second-order valence-electron chi connectivity index (χ2n) is 6.59. The Bertz CT molecular complexity index is 801. The summed E-state index contributed by atoms with van der Waals surface area (Å²) in [4.78, 5) is 12.4. The number of phenols is 2. The van der Waals surface area contributed by atoms with Crippen LogP contribution in [0.2, 0.25) is 0 Å². The summed E-state index contributed by atoms with van der Waals surface area (Å²) in [5.74, 6) is 0.549. The zero-order valence-electron chi connectivity index (χ0n) is 13.7. The van der Waals surface area contributed by atoms with Crippen LogP contribution in [0.5, 0.6) is 17.2 Å². The Morgan fingerprint density at radius 2 is 1.83 bits per heavy atom. The van der Waals surface area contributed by atoms with Crippen molar-refractivity contribution in [3.63, 3.8) is 0 Å². The summed E-state index contributed by atoms with van der Waals surface area (Å²) in [6, 6.07) is 9.87. The van der Waals surface area contributed by atoms with E-state index >= 15 is 0 Å². The smallest absolute Gasteiger partial charge is 0.189 e. The number of aromatic hydroxyl groups is 2. The maximum Gasteiger partial charge on any atom is 0.189 e. The highest BCUT2D eigenvalue weighted by atomic mass is 16.5. The van der Waals surface area contributed by atoms with Crippen molar-refractivity contribution in [2.75, 3.05) is 0 Å². The van der Waals surface area contributed by atoms with Gasteiger partial charge in [-0.1, -0.05) is 18.2 Å². The highest BCUT2D eigenvalue weighted by Crippen LogP contribution is 2.39. The third kappa shape index (κ3) is 3.27. The van der Waals surface area contributed by atoms with E-state index in [4.69, 9.17) is 4.74 Å². The van der Waals surface area contributed by atoms with Crippen LogP contribution < -0.4 is 4.74 Å². The number of benzene rings is 2. The molecule has 2 N–H and O–H groups in total. The number of carbonyl (C=O) groups is 1. The number of hydrogen-bond acceptors (Lipinski definition) is 4. The molecule has 0 spiro atoms. The molecule has 124 valence electrons. The number of rotatable bonds is 3. The summed E-state index contributed by atoms with van der Waals surface area (Å²) in [5, 5.41) is 19.7. The first kappa shape index (κ1) is 16.1. The van der Waals surface area contributed by atoms with E-state index in [1.54, 1.807) is 42.5 Å². The highest BCUT2D eigenvalue weighted by Gasteiger charge is 2.29. The molecule has 3 rings (SSSR count). The van der Waals surface area contributed by atoms with Gasteiger partial charge in [0, 0.05) is 5.56 Å². The molecule has 0 bridgehead atoms. The number of ether oxygens (including phenoxy) is 1. The largest absolute Gasteiger partial charge is 0.508 e. The number of ketones is 1. The van der Waals surface area contributed by atoms with Crippen molar-refractivity contribution in [1.29, 1.82) is 0 Å². The zero-order chi connectivity index (χ0) is 17.3. The van der Waals surface area contributed by atoms with Gasteiger partial charge in [0.05, 0.1) is 5.56 Å². The molecule has 0 aromatic heterocycles. The molecular weight excluding hydrogens is 304 g/mol. The Kier molecular flexibility index (Phi) is 4.06. The molecule has 0 saturated heterocycles. The van der Waals surface area contributed by atoms with Crippen LogP contribution in [0.1, 0.15) is 41.8 Å². The average molecular weight is 324 g/mol. The van der Waals surface area contributed by atoms with Gasteiger partial charge in [0.1, 0.15) is 22.8 Å². The van der Waals surface area contributed by atoms with Gasteiger partial charge in [-0.05, 0) is 62.6 Å². The first-order valence-electron chi connectivity index (χ1n) is 7.91. The number of hydrogen-bond donors (Lipinski definition) is 2. The minimum Gasteiger partial charge on any atom is -0.508 e. The Labute approximate surface area is 141 Å². The van der Waals surface area contributed by atoms with E-state index < -0.39 is 0 Å². The molecule has 2 aromatic carbocycles. The maximum absolute atomic E-state index is 12.4. The summed E-state index contributed by atoms with van der Waals surface area (Å²) in [7, 11) is 0. The molecule has 0 amide bonds. The molecule has 4 nitrogen and oxygen atoms in total. The summed E-state index contributed by atoms with van der Waals surface area (Å²) in [5.41, 5.74) is 1.50. The van der Waals surface area contributed by atoms with Gasteiger partial charge in [-0.15, -0.1) is 0 Å². The lowest BCUT2D eigenvalue weighted by Crippen LogP contribution is -2.32. The summed E-state index contributed by atoms with van der Waals surface area (Å²) < 4.78 is 5.86. The molecule has 1 aliphatic rings. The second kappa shape index (κ2) is 6.04. The molecule has 4 heteroatoms. The van der Waals surface area contributed by atoms with E-state index in [2.05, 4.69) is 0 Å². The molecule has 0 fully saturated rings. The van der Waals surface area contributed by atoms with Crippen LogP contribution in [0.25, 0.3) is 6.08 Å². The van der Waals surface area contributed by atoms with Crippen LogP contribution in [0, 0.1) is 0 Å². The monoisotopic (exact) mass is 324 g/mol. The van der Waals surface area contributed by atoms with E-state index in [0.29, 0.717) is 17.7 Å².